The molecule has 0 radical (unpaired) electrons. The highest BCUT2D eigenvalue weighted by molar-refractivity contribution is 5.74. The van der Waals surface area contributed by atoms with Gasteiger partial charge in [0.15, 0.2) is 0 Å². The summed E-state index contributed by atoms with van der Waals surface area (Å²) >= 11 is 0. The number of piperazine rings is 1. The standard InChI is InChI=1S/C22H25N5O/c28-22(26-17-15-25(16-18-26)20-5-2-1-3-6-20)23-13-11-19-7-9-21(10-8-19)27-14-4-12-24-27/h1-10,12,14H,11,13,15-18H2,(H,23,28). The predicted molar refractivity (Wildman–Crippen MR) is 111 cm³/mol. The van der Waals surface area contributed by atoms with Crippen molar-refractivity contribution in [1.29, 1.82) is 0 Å². The predicted octanol–water partition coefficient (Wildman–Crippen LogP) is 2.95. The highest BCUT2D eigenvalue weighted by Gasteiger charge is 2.20. The molecule has 0 atom stereocenters. The van der Waals surface area contributed by atoms with Crippen molar-refractivity contribution in [2.75, 3.05) is 37.6 Å². The van der Waals surface area contributed by atoms with Gasteiger partial charge in [0.2, 0.25) is 0 Å². The molecule has 2 aromatic carbocycles. The van der Waals surface area contributed by atoms with E-state index in [2.05, 4.69) is 51.7 Å². The molecule has 0 unspecified atom stereocenters. The Labute approximate surface area is 165 Å². The Morgan fingerprint density at radius 3 is 2.32 bits per heavy atom. The molecule has 1 aromatic heterocycles. The number of carbonyl (C=O) groups excluding carboxylic acids is 1. The number of nitrogens with zero attached hydrogens (tertiary/aromatic N) is 4. The molecular weight excluding hydrogens is 350 g/mol. The van der Waals surface area contributed by atoms with Gasteiger partial charge >= 0.3 is 6.03 Å². The van der Waals surface area contributed by atoms with Gasteiger partial charge in [0, 0.05) is 50.8 Å². The fourth-order valence-electron chi connectivity index (χ4n) is 3.47. The zero-order valence-corrected chi connectivity index (χ0v) is 15.9. The number of carbonyl (C=O) groups is 1. The summed E-state index contributed by atoms with van der Waals surface area (Å²) in [5, 5.41) is 7.28. The number of anilines is 1. The lowest BCUT2D eigenvalue weighted by molar-refractivity contribution is 0.194. The SMILES string of the molecule is O=C(NCCc1ccc(-n2cccn2)cc1)N1CCN(c2ccccc2)CC1. The van der Waals surface area contributed by atoms with E-state index in [0.29, 0.717) is 6.54 Å². The van der Waals surface area contributed by atoms with Crippen LogP contribution < -0.4 is 10.2 Å². The summed E-state index contributed by atoms with van der Waals surface area (Å²) in [5.74, 6) is 0. The zero-order chi connectivity index (χ0) is 19.2. The molecule has 2 heterocycles. The van der Waals surface area contributed by atoms with E-state index in [0.717, 1.165) is 38.3 Å². The Bertz CT molecular complexity index is 869. The third-order valence-corrected chi connectivity index (χ3v) is 5.08. The zero-order valence-electron chi connectivity index (χ0n) is 15.9. The summed E-state index contributed by atoms with van der Waals surface area (Å²) in [6.45, 7) is 3.87. The van der Waals surface area contributed by atoms with Gasteiger partial charge in [-0.3, -0.25) is 0 Å². The number of hydrogen-bond acceptors (Lipinski definition) is 3. The van der Waals surface area contributed by atoms with Crippen molar-refractivity contribution in [2.45, 2.75) is 6.42 Å². The first-order chi connectivity index (χ1) is 13.8. The molecule has 0 spiro atoms. The maximum atomic E-state index is 12.4. The second-order valence-corrected chi connectivity index (χ2v) is 6.91. The minimum absolute atomic E-state index is 0.0286. The van der Waals surface area contributed by atoms with E-state index in [1.807, 2.05) is 40.0 Å². The van der Waals surface area contributed by atoms with E-state index in [-0.39, 0.29) is 6.03 Å². The second-order valence-electron chi connectivity index (χ2n) is 6.91. The van der Waals surface area contributed by atoms with Gasteiger partial charge in [0.05, 0.1) is 5.69 Å². The van der Waals surface area contributed by atoms with E-state index in [9.17, 15) is 4.79 Å². The van der Waals surface area contributed by atoms with Gasteiger partial charge in [-0.05, 0) is 42.3 Å². The maximum Gasteiger partial charge on any atom is 0.317 e. The van der Waals surface area contributed by atoms with Crippen LogP contribution in [0.25, 0.3) is 5.69 Å². The van der Waals surface area contributed by atoms with Gasteiger partial charge in [-0.25, -0.2) is 9.48 Å². The second kappa shape index (κ2) is 8.61. The number of aromatic nitrogens is 2. The van der Waals surface area contributed by atoms with Gasteiger partial charge in [-0.1, -0.05) is 30.3 Å². The molecule has 6 heteroatoms. The van der Waals surface area contributed by atoms with E-state index in [1.165, 1.54) is 11.3 Å². The van der Waals surface area contributed by atoms with E-state index >= 15 is 0 Å². The summed E-state index contributed by atoms with van der Waals surface area (Å²) in [6, 6.07) is 20.6. The van der Waals surface area contributed by atoms with Crippen LogP contribution in [0.2, 0.25) is 0 Å². The Balaban J connectivity index is 1.21. The number of amides is 2. The number of urea groups is 1. The third kappa shape index (κ3) is 4.34. The monoisotopic (exact) mass is 375 g/mol. The summed E-state index contributed by atoms with van der Waals surface area (Å²) < 4.78 is 1.83. The van der Waals surface area contributed by atoms with Crippen LogP contribution in [0.1, 0.15) is 5.56 Å². The van der Waals surface area contributed by atoms with Crippen molar-refractivity contribution < 1.29 is 4.79 Å². The molecule has 0 bridgehead atoms. The molecular formula is C22H25N5O. The molecule has 0 aliphatic carbocycles. The Hall–Kier alpha value is -3.28. The molecule has 28 heavy (non-hydrogen) atoms. The first-order valence-corrected chi connectivity index (χ1v) is 9.71. The van der Waals surface area contributed by atoms with Crippen molar-refractivity contribution in [2.24, 2.45) is 0 Å². The van der Waals surface area contributed by atoms with Gasteiger partial charge in [-0.2, -0.15) is 5.10 Å². The summed E-state index contributed by atoms with van der Waals surface area (Å²) in [7, 11) is 0. The quantitative estimate of drug-likeness (QED) is 0.746. The molecule has 144 valence electrons. The molecule has 1 aliphatic heterocycles. The number of benzene rings is 2. The van der Waals surface area contributed by atoms with Crippen molar-refractivity contribution in [1.82, 2.24) is 20.0 Å². The highest BCUT2D eigenvalue weighted by Crippen LogP contribution is 2.15. The van der Waals surface area contributed by atoms with E-state index < -0.39 is 0 Å². The summed E-state index contributed by atoms with van der Waals surface area (Å²) in [5.41, 5.74) is 3.46. The van der Waals surface area contributed by atoms with Crippen LogP contribution in [0.4, 0.5) is 10.5 Å². The lowest BCUT2D eigenvalue weighted by Crippen LogP contribution is -2.52. The molecule has 6 nitrogen and oxygen atoms in total. The molecule has 3 aromatic rings. The van der Waals surface area contributed by atoms with Gasteiger partial charge in [0.1, 0.15) is 0 Å². The topological polar surface area (TPSA) is 53.4 Å². The van der Waals surface area contributed by atoms with Crippen molar-refractivity contribution in [3.05, 3.63) is 78.6 Å². The summed E-state index contributed by atoms with van der Waals surface area (Å²) in [4.78, 5) is 16.7. The van der Waals surface area contributed by atoms with Gasteiger partial charge in [-0.15, -0.1) is 0 Å². The van der Waals surface area contributed by atoms with Crippen LogP contribution in [-0.2, 0) is 6.42 Å². The van der Waals surface area contributed by atoms with Crippen LogP contribution in [0, 0.1) is 0 Å². The average Bonchev–Trinajstić information content (AvgIpc) is 3.30. The molecule has 2 amide bonds. The molecule has 4 rings (SSSR count). The van der Waals surface area contributed by atoms with E-state index in [4.69, 9.17) is 0 Å². The van der Waals surface area contributed by atoms with Crippen molar-refractivity contribution in [3.63, 3.8) is 0 Å². The molecule has 0 saturated carbocycles. The lowest BCUT2D eigenvalue weighted by atomic mass is 10.1. The Morgan fingerprint density at radius 2 is 1.64 bits per heavy atom. The largest absolute Gasteiger partial charge is 0.368 e. The minimum Gasteiger partial charge on any atom is -0.368 e. The third-order valence-electron chi connectivity index (χ3n) is 5.08. The number of nitrogens with one attached hydrogen (secondary N) is 1. The fourth-order valence-corrected chi connectivity index (χ4v) is 3.47. The van der Waals surface area contributed by atoms with Crippen molar-refractivity contribution in [3.8, 4) is 5.69 Å². The van der Waals surface area contributed by atoms with Crippen LogP contribution in [0.3, 0.4) is 0 Å². The Morgan fingerprint density at radius 1 is 0.893 bits per heavy atom. The highest BCUT2D eigenvalue weighted by atomic mass is 16.2. The molecule has 1 fully saturated rings. The van der Waals surface area contributed by atoms with Crippen LogP contribution in [0.15, 0.2) is 73.1 Å². The maximum absolute atomic E-state index is 12.4. The summed E-state index contributed by atoms with van der Waals surface area (Å²) in [6.07, 6.45) is 4.50. The smallest absolute Gasteiger partial charge is 0.317 e. The van der Waals surface area contributed by atoms with Gasteiger partial charge < -0.3 is 15.1 Å². The Kier molecular flexibility index (Phi) is 5.56. The lowest BCUT2D eigenvalue weighted by Gasteiger charge is -2.36. The number of rotatable bonds is 5. The average molecular weight is 375 g/mol. The van der Waals surface area contributed by atoms with Crippen LogP contribution >= 0.6 is 0 Å². The first-order valence-electron chi connectivity index (χ1n) is 9.71. The van der Waals surface area contributed by atoms with E-state index in [1.54, 1.807) is 6.20 Å². The van der Waals surface area contributed by atoms with Crippen LogP contribution in [-0.4, -0.2) is 53.4 Å². The fraction of sp³-hybridized carbons (Fsp3) is 0.273. The van der Waals surface area contributed by atoms with Gasteiger partial charge in [0.25, 0.3) is 0 Å². The number of para-hydroxylation sites is 1. The van der Waals surface area contributed by atoms with Crippen LogP contribution in [0.5, 0.6) is 0 Å². The minimum atomic E-state index is 0.0286. The number of hydrogen-bond donors (Lipinski definition) is 1. The first kappa shape index (κ1) is 18.1. The molecule has 1 saturated heterocycles. The molecule has 1 aliphatic rings. The van der Waals surface area contributed by atoms with Crippen molar-refractivity contribution >= 4 is 11.7 Å². The molecule has 1 N–H and O–H groups in total. The normalized spacial score (nSPS) is 14.1.